The molecule has 148 valence electrons. The molecule has 0 fully saturated rings. The zero-order chi connectivity index (χ0) is 20.6. The number of nitrogen functional groups attached to an aromatic ring is 1. The van der Waals surface area contributed by atoms with Gasteiger partial charge in [-0.3, -0.25) is 4.68 Å². The lowest BCUT2D eigenvalue weighted by molar-refractivity contribution is -0.141. The summed E-state index contributed by atoms with van der Waals surface area (Å²) in [6.45, 7) is 7.52. The number of anilines is 2. The number of alkyl halides is 3. The van der Waals surface area contributed by atoms with Crippen LogP contribution in [0.25, 0.3) is 16.3 Å². The molecule has 4 nitrogen and oxygen atoms in total. The Labute approximate surface area is 169 Å². The number of benzene rings is 1. The predicted octanol–water partition coefficient (Wildman–Crippen LogP) is 6.53. The fraction of sp³-hybridized carbons (Fsp3) is 0.211. The molecule has 3 rings (SSSR count). The molecule has 0 bridgehead atoms. The molecule has 0 amide bonds. The Morgan fingerprint density at radius 3 is 2.57 bits per heavy atom. The molecule has 2 aromatic heterocycles. The van der Waals surface area contributed by atoms with E-state index in [1.54, 1.807) is 32.0 Å². The molecule has 0 saturated carbocycles. The summed E-state index contributed by atoms with van der Waals surface area (Å²) in [4.78, 5) is 1.20. The number of nitrogens with two attached hydrogens (primary N) is 1. The molecule has 3 aromatic rings. The van der Waals surface area contributed by atoms with E-state index in [4.69, 9.17) is 17.3 Å². The number of para-hydroxylation sites is 1. The maximum absolute atomic E-state index is 13.1. The Balaban J connectivity index is 1.98. The highest BCUT2D eigenvalue weighted by molar-refractivity contribution is 7.17. The van der Waals surface area contributed by atoms with Crippen LogP contribution in [-0.4, -0.2) is 9.78 Å². The Bertz CT molecular complexity index is 1020. The Hall–Kier alpha value is -2.45. The van der Waals surface area contributed by atoms with Crippen LogP contribution in [0.2, 0.25) is 5.02 Å². The van der Waals surface area contributed by atoms with Gasteiger partial charge in [0.05, 0.1) is 31.8 Å². The minimum atomic E-state index is -4.53. The van der Waals surface area contributed by atoms with Crippen molar-refractivity contribution < 1.29 is 13.2 Å². The molecule has 1 aromatic carbocycles. The minimum absolute atomic E-state index is 0.263. The van der Waals surface area contributed by atoms with Crippen molar-refractivity contribution in [3.63, 3.8) is 0 Å². The summed E-state index contributed by atoms with van der Waals surface area (Å²) < 4.78 is 40.7. The van der Waals surface area contributed by atoms with Crippen LogP contribution in [0, 0.1) is 0 Å². The van der Waals surface area contributed by atoms with Gasteiger partial charge in [0.25, 0.3) is 0 Å². The summed E-state index contributed by atoms with van der Waals surface area (Å²) in [5.74, 6) is 0. The van der Waals surface area contributed by atoms with E-state index in [1.165, 1.54) is 16.0 Å². The second-order valence-corrected chi connectivity index (χ2v) is 7.89. The van der Waals surface area contributed by atoms with Crippen molar-refractivity contribution in [3.05, 3.63) is 58.6 Å². The molecule has 28 heavy (non-hydrogen) atoms. The van der Waals surface area contributed by atoms with Gasteiger partial charge in [-0.15, -0.1) is 11.3 Å². The third-order valence-electron chi connectivity index (χ3n) is 3.97. The molecular weight excluding hydrogens is 409 g/mol. The lowest BCUT2D eigenvalue weighted by Crippen LogP contribution is -2.09. The van der Waals surface area contributed by atoms with E-state index in [1.807, 2.05) is 12.1 Å². The smallest absolute Gasteiger partial charge is 0.397 e. The summed E-state index contributed by atoms with van der Waals surface area (Å²) in [5, 5.41) is 7.36. The summed E-state index contributed by atoms with van der Waals surface area (Å²) in [6, 6.07) is 9.62. The summed E-state index contributed by atoms with van der Waals surface area (Å²) >= 11 is 7.39. The number of hydrogen-bond acceptors (Lipinski definition) is 4. The molecular formula is C19H18ClF3N4S. The second kappa shape index (κ2) is 7.52. The molecule has 3 N–H and O–H groups in total. The molecule has 0 aliphatic heterocycles. The van der Waals surface area contributed by atoms with E-state index in [9.17, 15) is 13.2 Å². The van der Waals surface area contributed by atoms with Crippen molar-refractivity contribution >= 4 is 40.0 Å². The zero-order valence-corrected chi connectivity index (χ0v) is 16.7. The third-order valence-corrected chi connectivity index (χ3v) is 5.53. The van der Waals surface area contributed by atoms with Gasteiger partial charge in [-0.05, 0) is 38.1 Å². The lowest BCUT2D eigenvalue weighted by atomic mass is 10.2. The standard InChI is InChI=1S/C19H18ClF3N4S/c1-10(2)27-15(9-17(26-27)19(21,22)23)18-13(24)8-16(28-18)11(3)25-14-7-5-4-6-12(14)20/h4-10,25H,3,24H2,1-2H3. The normalized spacial score (nSPS) is 11.8. The quantitative estimate of drug-likeness (QED) is 0.487. The number of halogens is 4. The van der Waals surface area contributed by atoms with Crippen molar-refractivity contribution in [2.45, 2.75) is 26.1 Å². The number of rotatable bonds is 5. The number of aromatic nitrogens is 2. The van der Waals surface area contributed by atoms with E-state index >= 15 is 0 Å². The molecule has 0 radical (unpaired) electrons. The van der Waals surface area contributed by atoms with Gasteiger partial charge in [-0.1, -0.05) is 30.3 Å². The van der Waals surface area contributed by atoms with E-state index in [0.717, 1.165) is 6.07 Å². The molecule has 0 aliphatic carbocycles. The first kappa shape index (κ1) is 20.3. The SMILES string of the molecule is C=C(Nc1ccccc1Cl)c1cc(N)c(-c2cc(C(F)(F)F)nn2C(C)C)s1. The van der Waals surface area contributed by atoms with Crippen molar-refractivity contribution in [1.82, 2.24) is 9.78 Å². The van der Waals surface area contributed by atoms with Crippen LogP contribution in [-0.2, 0) is 6.18 Å². The zero-order valence-electron chi connectivity index (χ0n) is 15.1. The summed E-state index contributed by atoms with van der Waals surface area (Å²) in [7, 11) is 0. The maximum atomic E-state index is 13.1. The Morgan fingerprint density at radius 1 is 1.29 bits per heavy atom. The summed E-state index contributed by atoms with van der Waals surface area (Å²) in [5.41, 5.74) is 7.07. The van der Waals surface area contributed by atoms with E-state index in [2.05, 4.69) is 17.0 Å². The highest BCUT2D eigenvalue weighted by Gasteiger charge is 2.36. The second-order valence-electron chi connectivity index (χ2n) is 6.43. The van der Waals surface area contributed by atoms with Crippen LogP contribution < -0.4 is 11.1 Å². The highest BCUT2D eigenvalue weighted by atomic mass is 35.5. The van der Waals surface area contributed by atoms with Crippen molar-refractivity contribution in [2.75, 3.05) is 11.1 Å². The number of nitrogens with one attached hydrogen (secondary N) is 1. The third kappa shape index (κ3) is 4.02. The molecule has 0 saturated heterocycles. The van der Waals surface area contributed by atoms with Gasteiger partial charge in [0.1, 0.15) is 0 Å². The van der Waals surface area contributed by atoms with Crippen molar-refractivity contribution in [2.24, 2.45) is 0 Å². The number of nitrogens with zero attached hydrogens (tertiary/aromatic N) is 2. The van der Waals surface area contributed by atoms with Crippen molar-refractivity contribution in [3.8, 4) is 10.6 Å². The largest absolute Gasteiger partial charge is 0.435 e. The predicted molar refractivity (Wildman–Crippen MR) is 109 cm³/mol. The van der Waals surface area contributed by atoms with Gasteiger partial charge in [0, 0.05) is 11.7 Å². The van der Waals surface area contributed by atoms with Crippen molar-refractivity contribution in [1.29, 1.82) is 0 Å². The van der Waals surface area contributed by atoms with Gasteiger partial charge >= 0.3 is 6.18 Å². The minimum Gasteiger partial charge on any atom is -0.397 e. The van der Waals surface area contributed by atoms with Gasteiger partial charge < -0.3 is 11.1 Å². The first-order valence-electron chi connectivity index (χ1n) is 8.35. The van der Waals surface area contributed by atoms with Crippen LogP contribution in [0.5, 0.6) is 0 Å². The van der Waals surface area contributed by atoms with E-state index in [0.29, 0.717) is 37.5 Å². The number of hydrogen-bond donors (Lipinski definition) is 2. The monoisotopic (exact) mass is 426 g/mol. The average Bonchev–Trinajstić information content (AvgIpc) is 3.20. The number of thiophene rings is 1. The molecule has 0 unspecified atom stereocenters. The topological polar surface area (TPSA) is 55.9 Å². The first-order valence-corrected chi connectivity index (χ1v) is 9.54. The van der Waals surface area contributed by atoms with Crippen LogP contribution in [0.15, 0.2) is 43.0 Å². The fourth-order valence-electron chi connectivity index (χ4n) is 2.64. The van der Waals surface area contributed by atoms with Gasteiger partial charge in [-0.2, -0.15) is 18.3 Å². The van der Waals surface area contributed by atoms with E-state index < -0.39 is 11.9 Å². The van der Waals surface area contributed by atoms with E-state index in [-0.39, 0.29) is 6.04 Å². The Kier molecular flexibility index (Phi) is 5.45. The molecule has 0 spiro atoms. The lowest BCUT2D eigenvalue weighted by Gasteiger charge is -2.10. The molecule has 2 heterocycles. The van der Waals surface area contributed by atoms with Crippen LogP contribution in [0.1, 0.15) is 30.5 Å². The molecule has 0 aliphatic rings. The van der Waals surface area contributed by atoms with Gasteiger partial charge in [-0.25, -0.2) is 0 Å². The molecule has 0 atom stereocenters. The van der Waals surface area contributed by atoms with Gasteiger partial charge in [0.2, 0.25) is 0 Å². The highest BCUT2D eigenvalue weighted by Crippen LogP contribution is 2.41. The van der Waals surface area contributed by atoms with Crippen LogP contribution >= 0.6 is 22.9 Å². The van der Waals surface area contributed by atoms with Crippen LogP contribution in [0.3, 0.4) is 0 Å². The Morgan fingerprint density at radius 2 is 1.96 bits per heavy atom. The summed E-state index contributed by atoms with van der Waals surface area (Å²) in [6.07, 6.45) is -4.53. The molecule has 9 heteroatoms. The van der Waals surface area contributed by atoms with Gasteiger partial charge in [0.15, 0.2) is 5.69 Å². The average molecular weight is 427 g/mol. The fourth-order valence-corrected chi connectivity index (χ4v) is 3.83. The first-order chi connectivity index (χ1) is 13.1. The maximum Gasteiger partial charge on any atom is 0.435 e. The van der Waals surface area contributed by atoms with Crippen LogP contribution in [0.4, 0.5) is 24.5 Å².